The van der Waals surface area contributed by atoms with Crippen molar-refractivity contribution in [2.45, 2.75) is 6.54 Å². The van der Waals surface area contributed by atoms with Crippen molar-refractivity contribution in [3.8, 4) is 5.00 Å². The fraction of sp³-hybridized carbons (Fsp3) is 0.182. The summed E-state index contributed by atoms with van der Waals surface area (Å²) in [6.45, 7) is 0.451. The molecule has 8 heteroatoms. The number of aromatic nitrogens is 2. The Hall–Kier alpha value is -2.19. The highest BCUT2D eigenvalue weighted by atomic mass is 32.1. The van der Waals surface area contributed by atoms with Gasteiger partial charge >= 0.3 is 0 Å². The molecule has 0 spiro atoms. The summed E-state index contributed by atoms with van der Waals surface area (Å²) in [5.41, 5.74) is 2.19. The maximum absolute atomic E-state index is 12.2. The Morgan fingerprint density at radius 3 is 3.26 bits per heavy atom. The minimum atomic E-state index is -0.00193. The fourth-order valence-corrected chi connectivity index (χ4v) is 2.95. The van der Waals surface area contributed by atoms with Crippen molar-refractivity contribution < 1.29 is 9.73 Å². The van der Waals surface area contributed by atoms with Crippen LogP contribution in [0.1, 0.15) is 21.7 Å². The third kappa shape index (κ3) is 1.81. The summed E-state index contributed by atoms with van der Waals surface area (Å²) in [6.07, 6.45) is 3.11. The molecular formula is C11H11N5O2S. The van der Waals surface area contributed by atoms with Crippen molar-refractivity contribution in [1.82, 2.24) is 14.5 Å². The van der Waals surface area contributed by atoms with Crippen LogP contribution in [0.2, 0.25) is 0 Å². The number of amides is 1. The van der Waals surface area contributed by atoms with Crippen LogP contribution in [0, 0.1) is 0 Å². The normalized spacial score (nSPS) is 14.4. The van der Waals surface area contributed by atoms with E-state index in [2.05, 4.69) is 15.1 Å². The van der Waals surface area contributed by atoms with E-state index >= 15 is 0 Å². The topological polar surface area (TPSA) is 85.7 Å². The number of oxime groups is 1. The van der Waals surface area contributed by atoms with Crippen LogP contribution in [0.15, 0.2) is 22.9 Å². The number of imidazole rings is 1. The number of hydrogen-bond donors (Lipinski definition) is 1. The number of carbonyl (C=O) groups excluding carboxylic acids is 1. The van der Waals surface area contributed by atoms with Gasteiger partial charge in [-0.1, -0.05) is 5.16 Å². The van der Waals surface area contributed by atoms with Crippen molar-refractivity contribution in [3.63, 3.8) is 0 Å². The van der Waals surface area contributed by atoms with E-state index in [1.54, 1.807) is 18.3 Å². The Bertz CT molecular complexity index is 660. The molecule has 0 unspecified atom stereocenters. The molecule has 98 valence electrons. The smallest absolute Gasteiger partial charge is 0.256 e. The molecule has 19 heavy (non-hydrogen) atoms. The summed E-state index contributed by atoms with van der Waals surface area (Å²) in [4.78, 5) is 22.3. The van der Waals surface area contributed by atoms with Gasteiger partial charge in [0, 0.05) is 7.05 Å². The Balaban J connectivity index is 2.17. The zero-order chi connectivity index (χ0) is 13.4. The van der Waals surface area contributed by atoms with Crippen LogP contribution in [0.25, 0.3) is 5.00 Å². The first-order valence-corrected chi connectivity index (χ1v) is 6.39. The number of carbonyl (C=O) groups is 1. The van der Waals surface area contributed by atoms with Gasteiger partial charge in [0.25, 0.3) is 5.91 Å². The van der Waals surface area contributed by atoms with E-state index < -0.39 is 0 Å². The van der Waals surface area contributed by atoms with Gasteiger partial charge in [-0.2, -0.15) is 0 Å². The van der Waals surface area contributed by atoms with Gasteiger partial charge in [0.1, 0.15) is 17.0 Å². The first-order valence-electron chi connectivity index (χ1n) is 5.51. The minimum absolute atomic E-state index is 0.00193. The fourth-order valence-electron chi connectivity index (χ4n) is 2.06. The van der Waals surface area contributed by atoms with Crippen LogP contribution in [0.4, 0.5) is 0 Å². The third-order valence-electron chi connectivity index (χ3n) is 2.96. The summed E-state index contributed by atoms with van der Waals surface area (Å²) in [6, 6.07) is 1.82. The van der Waals surface area contributed by atoms with Gasteiger partial charge in [-0.3, -0.25) is 9.36 Å². The molecule has 0 atom stereocenters. The molecule has 0 saturated heterocycles. The number of nitrogens with zero attached hydrogens (tertiary/aromatic N) is 4. The molecule has 0 saturated carbocycles. The summed E-state index contributed by atoms with van der Waals surface area (Å²) >= 11 is 1.50. The number of nitrogens with two attached hydrogens (primary N) is 1. The highest BCUT2D eigenvalue weighted by Crippen LogP contribution is 2.29. The molecule has 0 aromatic carbocycles. The van der Waals surface area contributed by atoms with Crippen LogP contribution in [0.3, 0.4) is 0 Å². The van der Waals surface area contributed by atoms with Gasteiger partial charge < -0.3 is 9.84 Å². The first-order chi connectivity index (χ1) is 9.22. The molecule has 3 heterocycles. The molecule has 0 aliphatic carbocycles. The van der Waals surface area contributed by atoms with Gasteiger partial charge in [-0.25, -0.2) is 4.98 Å². The van der Waals surface area contributed by atoms with Crippen LogP contribution < -0.4 is 5.90 Å². The van der Waals surface area contributed by atoms with E-state index in [-0.39, 0.29) is 5.91 Å². The van der Waals surface area contributed by atoms with E-state index in [0.29, 0.717) is 17.8 Å². The van der Waals surface area contributed by atoms with Gasteiger partial charge in [0.15, 0.2) is 0 Å². The zero-order valence-electron chi connectivity index (χ0n) is 10.1. The highest BCUT2D eigenvalue weighted by Gasteiger charge is 2.26. The SMILES string of the molecule is CN1Cc2c(C=NON)ncn2-c2sccc2C1=O. The summed E-state index contributed by atoms with van der Waals surface area (Å²) in [5, 5.41) is 6.27. The summed E-state index contributed by atoms with van der Waals surface area (Å²) in [7, 11) is 1.76. The maximum atomic E-state index is 12.2. The third-order valence-corrected chi connectivity index (χ3v) is 3.87. The number of hydrogen-bond acceptors (Lipinski definition) is 6. The summed E-state index contributed by atoms with van der Waals surface area (Å²) < 4.78 is 1.90. The van der Waals surface area contributed by atoms with E-state index in [0.717, 1.165) is 10.7 Å². The molecule has 0 bridgehead atoms. The Labute approximate surface area is 112 Å². The average molecular weight is 277 g/mol. The quantitative estimate of drug-likeness (QED) is 0.648. The molecular weight excluding hydrogens is 266 g/mol. The Morgan fingerprint density at radius 2 is 2.47 bits per heavy atom. The van der Waals surface area contributed by atoms with Crippen LogP contribution >= 0.6 is 11.3 Å². The monoisotopic (exact) mass is 277 g/mol. The molecule has 2 aromatic heterocycles. The van der Waals surface area contributed by atoms with Crippen molar-refractivity contribution in [3.05, 3.63) is 34.7 Å². The van der Waals surface area contributed by atoms with Crippen molar-refractivity contribution in [1.29, 1.82) is 0 Å². The highest BCUT2D eigenvalue weighted by molar-refractivity contribution is 7.13. The van der Waals surface area contributed by atoms with Crippen molar-refractivity contribution >= 4 is 23.5 Å². The lowest BCUT2D eigenvalue weighted by Gasteiger charge is -2.13. The van der Waals surface area contributed by atoms with E-state index in [1.165, 1.54) is 17.6 Å². The maximum Gasteiger partial charge on any atom is 0.256 e. The molecule has 7 nitrogen and oxygen atoms in total. The minimum Gasteiger partial charge on any atom is -0.336 e. The predicted molar refractivity (Wildman–Crippen MR) is 70.1 cm³/mol. The van der Waals surface area contributed by atoms with Gasteiger partial charge in [0.05, 0.1) is 24.0 Å². The number of fused-ring (bicyclic) bond motifs is 3. The molecule has 1 aliphatic rings. The molecule has 2 N–H and O–H groups in total. The molecule has 2 aromatic rings. The average Bonchev–Trinajstić information content (AvgIpc) is 3.00. The van der Waals surface area contributed by atoms with Crippen LogP contribution in [-0.2, 0) is 11.5 Å². The molecule has 0 radical (unpaired) electrons. The predicted octanol–water partition coefficient (Wildman–Crippen LogP) is 0.744. The largest absolute Gasteiger partial charge is 0.336 e. The molecule has 0 fully saturated rings. The van der Waals surface area contributed by atoms with Gasteiger partial charge in [0.2, 0.25) is 0 Å². The Kier molecular flexibility index (Phi) is 2.80. The number of rotatable bonds is 2. The lowest BCUT2D eigenvalue weighted by atomic mass is 10.3. The molecule has 1 amide bonds. The lowest BCUT2D eigenvalue weighted by molar-refractivity contribution is 0.0788. The van der Waals surface area contributed by atoms with Crippen molar-refractivity contribution in [2.75, 3.05) is 7.05 Å². The van der Waals surface area contributed by atoms with E-state index in [4.69, 9.17) is 5.90 Å². The first kappa shape index (κ1) is 11.9. The van der Waals surface area contributed by atoms with Crippen molar-refractivity contribution in [2.24, 2.45) is 11.1 Å². The molecule has 1 aliphatic heterocycles. The second kappa shape index (κ2) is 4.48. The van der Waals surface area contributed by atoms with Crippen LogP contribution in [0.5, 0.6) is 0 Å². The molecule has 3 rings (SSSR count). The van der Waals surface area contributed by atoms with Gasteiger partial charge in [-0.05, 0) is 11.4 Å². The van der Waals surface area contributed by atoms with Gasteiger partial charge in [-0.15, -0.1) is 17.2 Å². The number of thiophene rings is 1. The van der Waals surface area contributed by atoms with E-state index in [9.17, 15) is 4.79 Å². The Morgan fingerprint density at radius 1 is 1.63 bits per heavy atom. The van der Waals surface area contributed by atoms with Crippen LogP contribution in [-0.4, -0.2) is 33.6 Å². The summed E-state index contributed by atoms with van der Waals surface area (Å²) in [5.74, 6) is 4.86. The van der Waals surface area contributed by atoms with E-state index in [1.807, 2.05) is 16.0 Å². The second-order valence-electron chi connectivity index (χ2n) is 4.09. The zero-order valence-corrected chi connectivity index (χ0v) is 10.9. The standard InChI is InChI=1S/C11H11N5O2S/c1-15-5-9-8(4-14-18-12)13-6-16(9)11-7(10(15)17)2-3-19-11/h2-4,6H,5,12H2,1H3. The second-order valence-corrected chi connectivity index (χ2v) is 4.98. The lowest BCUT2D eigenvalue weighted by Crippen LogP contribution is -2.25.